The Kier molecular flexibility index (Phi) is 6.62. The second-order valence-corrected chi connectivity index (χ2v) is 12.7. The van der Waals surface area contributed by atoms with Gasteiger partial charge in [-0.3, -0.25) is 24.2 Å². The van der Waals surface area contributed by atoms with Crippen molar-refractivity contribution in [2.75, 3.05) is 18.0 Å². The minimum Gasteiger partial charge on any atom is -0.363 e. The monoisotopic (exact) mass is 607 g/mol. The molecule has 44 heavy (non-hydrogen) atoms. The lowest BCUT2D eigenvalue weighted by Gasteiger charge is -2.43. The average Bonchev–Trinajstić information content (AvgIpc) is 3.62. The topological polar surface area (TPSA) is 100 Å². The van der Waals surface area contributed by atoms with E-state index in [1.165, 1.54) is 6.08 Å². The number of nitrogens with zero attached hydrogens (tertiary/aromatic N) is 6. The van der Waals surface area contributed by atoms with Gasteiger partial charge in [-0.25, -0.2) is 4.98 Å². The molecule has 0 radical (unpaired) electrons. The molecule has 1 fully saturated rings. The van der Waals surface area contributed by atoms with Crippen LogP contribution in [-0.2, 0) is 11.2 Å². The van der Waals surface area contributed by atoms with E-state index < -0.39 is 0 Å². The fourth-order valence-electron chi connectivity index (χ4n) is 7.09. The Hall–Kier alpha value is -4.50. The van der Waals surface area contributed by atoms with Gasteiger partial charge in [0.25, 0.3) is 5.56 Å². The standard InChI is InChI=1S/C34H34ClN7O2/c1-7-27(43)40-16-21-12-23-32(41(21)15-20(40)6)22-13-25(35)30(28-18(4)8-9-26-24(28)14-37-39-26)38-33(22)42(34(23)44)31-19(5)10-11-36-29(31)17(2)3/h7-11,13-14,17,20-21H,1,12,15-16H2,2-6H3,(H,37,39). The van der Waals surface area contributed by atoms with Gasteiger partial charge >= 0.3 is 0 Å². The summed E-state index contributed by atoms with van der Waals surface area (Å²) >= 11 is 7.14. The smallest absolute Gasteiger partial charge is 0.262 e. The van der Waals surface area contributed by atoms with E-state index in [0.29, 0.717) is 41.4 Å². The minimum atomic E-state index is -0.117. The molecule has 1 amide bonds. The van der Waals surface area contributed by atoms with Crippen LogP contribution in [0.1, 0.15) is 49.1 Å². The molecule has 0 aliphatic carbocycles. The summed E-state index contributed by atoms with van der Waals surface area (Å²) in [7, 11) is 0. The molecule has 0 bridgehead atoms. The number of anilines is 1. The zero-order chi connectivity index (χ0) is 31.0. The predicted molar refractivity (Wildman–Crippen MR) is 175 cm³/mol. The van der Waals surface area contributed by atoms with Crippen molar-refractivity contribution >= 4 is 45.1 Å². The number of rotatable bonds is 4. The molecule has 2 atom stereocenters. The van der Waals surface area contributed by atoms with E-state index in [0.717, 1.165) is 50.0 Å². The number of nitrogens with one attached hydrogen (secondary N) is 1. The Morgan fingerprint density at radius 1 is 1.14 bits per heavy atom. The molecule has 0 saturated carbocycles. The number of halogens is 1. The summed E-state index contributed by atoms with van der Waals surface area (Å²) in [6.07, 6.45) is 5.46. The van der Waals surface area contributed by atoms with Gasteiger partial charge in [-0.1, -0.05) is 38.1 Å². The van der Waals surface area contributed by atoms with Gasteiger partial charge in [-0.15, -0.1) is 0 Å². The fraction of sp³-hybridized carbons (Fsp3) is 0.324. The number of fused-ring (bicyclic) bond motifs is 6. The number of H-pyrrole nitrogens is 1. The first kappa shape index (κ1) is 28.3. The van der Waals surface area contributed by atoms with Crippen LogP contribution in [0.25, 0.3) is 38.9 Å². The Balaban J connectivity index is 1.57. The van der Waals surface area contributed by atoms with Crippen LogP contribution >= 0.6 is 11.6 Å². The summed E-state index contributed by atoms with van der Waals surface area (Å²) in [5, 5.41) is 9.52. The first-order chi connectivity index (χ1) is 21.1. The summed E-state index contributed by atoms with van der Waals surface area (Å²) in [5.41, 5.74) is 7.83. The number of carbonyl (C=O) groups is 1. The average molecular weight is 608 g/mol. The van der Waals surface area contributed by atoms with Crippen LogP contribution in [0.3, 0.4) is 0 Å². The Morgan fingerprint density at radius 3 is 2.68 bits per heavy atom. The number of hydrogen-bond acceptors (Lipinski definition) is 6. The zero-order valence-electron chi connectivity index (χ0n) is 25.5. The second-order valence-electron chi connectivity index (χ2n) is 12.3. The number of aryl methyl sites for hydroxylation is 2. The van der Waals surface area contributed by atoms with Gasteiger partial charge in [0.2, 0.25) is 5.91 Å². The molecule has 5 aromatic rings. The zero-order valence-corrected chi connectivity index (χ0v) is 26.2. The van der Waals surface area contributed by atoms with Crippen molar-refractivity contribution in [1.82, 2.24) is 29.6 Å². The van der Waals surface area contributed by atoms with Crippen LogP contribution in [0.15, 0.2) is 54.1 Å². The highest BCUT2D eigenvalue weighted by molar-refractivity contribution is 6.34. The van der Waals surface area contributed by atoms with Crippen LogP contribution in [0.2, 0.25) is 5.02 Å². The highest BCUT2D eigenvalue weighted by Gasteiger charge is 2.42. The lowest BCUT2D eigenvalue weighted by Crippen LogP contribution is -2.57. The lowest BCUT2D eigenvalue weighted by molar-refractivity contribution is -0.128. The molecule has 4 aromatic heterocycles. The fourth-order valence-corrected chi connectivity index (χ4v) is 7.33. The predicted octanol–water partition coefficient (Wildman–Crippen LogP) is 5.87. The van der Waals surface area contributed by atoms with Gasteiger partial charge in [0, 0.05) is 53.6 Å². The first-order valence-corrected chi connectivity index (χ1v) is 15.3. The molecule has 6 heterocycles. The molecule has 10 heteroatoms. The molecular formula is C34H34ClN7O2. The van der Waals surface area contributed by atoms with E-state index in [1.807, 2.05) is 49.9 Å². The van der Waals surface area contributed by atoms with Gasteiger partial charge < -0.3 is 9.80 Å². The molecule has 2 aliphatic heterocycles. The van der Waals surface area contributed by atoms with Crippen molar-refractivity contribution in [3.63, 3.8) is 0 Å². The summed E-state index contributed by atoms with van der Waals surface area (Å²) in [6.45, 7) is 15.0. The van der Waals surface area contributed by atoms with Gasteiger partial charge in [-0.2, -0.15) is 5.10 Å². The molecular weight excluding hydrogens is 574 g/mol. The minimum absolute atomic E-state index is 0.0446. The first-order valence-electron chi connectivity index (χ1n) is 15.0. The molecule has 2 aliphatic rings. The van der Waals surface area contributed by atoms with E-state index in [-0.39, 0.29) is 29.5 Å². The quantitative estimate of drug-likeness (QED) is 0.257. The number of piperazine rings is 1. The maximum Gasteiger partial charge on any atom is 0.262 e. The third-order valence-electron chi connectivity index (χ3n) is 9.19. The Morgan fingerprint density at radius 2 is 1.93 bits per heavy atom. The normalized spacial score (nSPS) is 17.9. The summed E-state index contributed by atoms with van der Waals surface area (Å²) in [6, 6.07) is 7.80. The van der Waals surface area contributed by atoms with Crippen molar-refractivity contribution in [3.8, 4) is 16.9 Å². The van der Waals surface area contributed by atoms with Gasteiger partial charge in [-0.05, 0) is 62.1 Å². The second kappa shape index (κ2) is 10.3. The number of amides is 1. The molecule has 224 valence electrons. The number of hydrogen-bond donors (Lipinski definition) is 1. The highest BCUT2D eigenvalue weighted by atomic mass is 35.5. The van der Waals surface area contributed by atoms with Crippen LogP contribution in [-0.4, -0.2) is 60.7 Å². The molecule has 9 nitrogen and oxygen atoms in total. The van der Waals surface area contributed by atoms with Crippen LogP contribution in [0.5, 0.6) is 0 Å². The molecule has 2 unspecified atom stereocenters. The lowest BCUT2D eigenvalue weighted by atomic mass is 9.99. The van der Waals surface area contributed by atoms with E-state index >= 15 is 0 Å². The SMILES string of the molecule is C=CC(=O)N1CC2Cc3c(c4cc(Cl)c(-c5c(C)ccc6[nH]ncc56)nc4n(-c4c(C)ccnc4C(C)C)c3=O)N2CC1C. The molecule has 1 aromatic carbocycles. The van der Waals surface area contributed by atoms with Gasteiger partial charge in [0.15, 0.2) is 0 Å². The molecule has 0 spiro atoms. The van der Waals surface area contributed by atoms with E-state index in [2.05, 4.69) is 35.5 Å². The number of pyridine rings is 3. The van der Waals surface area contributed by atoms with Crippen LogP contribution in [0.4, 0.5) is 5.69 Å². The van der Waals surface area contributed by atoms with Gasteiger partial charge in [0.05, 0.1) is 45.5 Å². The van der Waals surface area contributed by atoms with Gasteiger partial charge in [0.1, 0.15) is 5.65 Å². The van der Waals surface area contributed by atoms with E-state index in [9.17, 15) is 9.59 Å². The van der Waals surface area contributed by atoms with Crippen molar-refractivity contribution in [3.05, 3.63) is 87.1 Å². The van der Waals surface area contributed by atoms with Crippen LogP contribution < -0.4 is 10.5 Å². The Bertz CT molecular complexity index is 2080. The molecule has 1 saturated heterocycles. The summed E-state index contributed by atoms with van der Waals surface area (Å²) in [4.78, 5) is 41.6. The van der Waals surface area contributed by atoms with E-state index in [1.54, 1.807) is 17.0 Å². The van der Waals surface area contributed by atoms with Crippen molar-refractivity contribution in [2.45, 2.75) is 59.0 Å². The summed E-state index contributed by atoms with van der Waals surface area (Å²) in [5.74, 6) is -0.0273. The number of carbonyl (C=O) groups excluding carboxylic acids is 1. The number of aromatic nitrogens is 5. The van der Waals surface area contributed by atoms with E-state index in [4.69, 9.17) is 21.6 Å². The maximum absolute atomic E-state index is 14.8. The third-order valence-corrected chi connectivity index (χ3v) is 9.48. The van der Waals surface area contributed by atoms with Crippen molar-refractivity contribution in [2.24, 2.45) is 0 Å². The van der Waals surface area contributed by atoms with Crippen molar-refractivity contribution in [1.29, 1.82) is 0 Å². The van der Waals surface area contributed by atoms with Crippen LogP contribution in [0, 0.1) is 13.8 Å². The number of benzene rings is 1. The highest BCUT2D eigenvalue weighted by Crippen LogP contribution is 2.43. The maximum atomic E-state index is 14.8. The largest absolute Gasteiger partial charge is 0.363 e. The molecule has 7 rings (SSSR count). The summed E-state index contributed by atoms with van der Waals surface area (Å²) < 4.78 is 1.76. The Labute approximate surface area is 260 Å². The molecule has 1 N–H and O–H groups in total. The van der Waals surface area contributed by atoms with Crippen molar-refractivity contribution < 1.29 is 4.79 Å². The number of aromatic amines is 1. The third kappa shape index (κ3) is 4.09.